The minimum Gasteiger partial charge on any atom is -0.456 e. The summed E-state index contributed by atoms with van der Waals surface area (Å²) in [6.45, 7) is 4.24. The first kappa shape index (κ1) is 42.5. The Morgan fingerprint density at radius 3 is 0.987 bits per heavy atom. The second-order valence-corrected chi connectivity index (χ2v) is 20.7. The van der Waals surface area contributed by atoms with Crippen LogP contribution in [0.2, 0.25) is 0 Å². The highest BCUT2D eigenvalue weighted by atomic mass is 16.3. The Hall–Kier alpha value is -10.8. The third-order valence-corrected chi connectivity index (χ3v) is 16.5. The molecule has 0 aliphatic carbocycles. The fourth-order valence-corrected chi connectivity index (χ4v) is 13.3. The normalized spacial score (nSPS) is 12.2. The van der Waals surface area contributed by atoms with Gasteiger partial charge < -0.3 is 27.1 Å². The number of rotatable bonds is 4. The van der Waals surface area contributed by atoms with Crippen LogP contribution in [-0.2, 0) is 0 Å². The number of aryl methyl sites for hydroxylation is 2. The molecule has 0 radical (unpaired) electrons. The van der Waals surface area contributed by atoms with E-state index in [1.54, 1.807) is 0 Å². The summed E-state index contributed by atoms with van der Waals surface area (Å²) in [7, 11) is 0. The van der Waals surface area contributed by atoms with Crippen LogP contribution in [0.25, 0.3) is 154 Å². The molecule has 78 heavy (non-hydrogen) atoms. The Balaban J connectivity index is 1.20. The number of nitrogens with zero attached hydrogens (tertiary/aromatic N) is 6. The van der Waals surface area contributed by atoms with Crippen LogP contribution in [0.5, 0.6) is 0 Å². The van der Waals surface area contributed by atoms with Gasteiger partial charge in [0.05, 0.1) is 66.9 Å². The van der Waals surface area contributed by atoms with Crippen molar-refractivity contribution in [1.82, 2.24) is 18.3 Å². The number of nitriles is 2. The van der Waals surface area contributed by atoms with E-state index in [0.29, 0.717) is 33.9 Å². The highest BCUT2D eigenvalue weighted by Gasteiger charge is 2.35. The molecule has 6 aromatic heterocycles. The van der Waals surface area contributed by atoms with Gasteiger partial charge in [-0.2, -0.15) is 10.5 Å². The molecule has 6 heterocycles. The monoisotopic (exact) mass is 996 g/mol. The summed E-state index contributed by atoms with van der Waals surface area (Å²) in [6.07, 6.45) is 0. The van der Waals surface area contributed by atoms with Crippen molar-refractivity contribution >= 4 is 131 Å². The zero-order chi connectivity index (χ0) is 51.7. The standard InChI is InChI=1S/C70H40N6O2/c1-39-27-29-59-47(31-39)49-35-65-51(45-19-7-13-25-63(45)77-65)33-61(49)75(59)68-53(37-71)67(73-55-21-9-3-15-41(55)42-16-4-10-22-56(42)73)54(38-72)69(70(68)74-57-23-11-5-17-43(57)44-18-6-12-24-58(44)74)76-60-30-28-40(2)32-48(60)50-36-66-52(34-62(50)76)46-20-8-14-26-64(46)78-66/h3-36H,1-2H3. The van der Waals surface area contributed by atoms with Gasteiger partial charge in [0.1, 0.15) is 45.6 Å². The smallest absolute Gasteiger partial charge is 0.136 e. The molecule has 11 aromatic carbocycles. The average molecular weight is 997 g/mol. The number of hydrogen-bond donors (Lipinski definition) is 0. The Morgan fingerprint density at radius 2 is 0.590 bits per heavy atom. The topological polar surface area (TPSA) is 93.6 Å². The average Bonchev–Trinajstić information content (AvgIpc) is 4.37. The summed E-state index contributed by atoms with van der Waals surface area (Å²) in [5.74, 6) is 0. The van der Waals surface area contributed by atoms with E-state index < -0.39 is 0 Å². The molecule has 17 rings (SSSR count). The molecule has 0 aliphatic heterocycles. The summed E-state index contributed by atoms with van der Waals surface area (Å²) in [4.78, 5) is 0. The number of fused-ring (bicyclic) bond motifs is 18. The second kappa shape index (κ2) is 15.4. The molecule has 17 aromatic rings. The Labute approximate surface area is 443 Å². The van der Waals surface area contributed by atoms with Gasteiger partial charge in [0.2, 0.25) is 0 Å². The van der Waals surface area contributed by atoms with Crippen LogP contribution in [0, 0.1) is 36.5 Å². The van der Waals surface area contributed by atoms with Crippen LogP contribution in [0.1, 0.15) is 22.3 Å². The van der Waals surface area contributed by atoms with Gasteiger partial charge in [-0.05, 0) is 98.8 Å². The maximum Gasteiger partial charge on any atom is 0.136 e. The minimum absolute atomic E-state index is 0.343. The van der Waals surface area contributed by atoms with E-state index in [0.717, 1.165) is 142 Å². The highest BCUT2D eigenvalue weighted by Crippen LogP contribution is 2.50. The zero-order valence-electron chi connectivity index (χ0n) is 42.1. The SMILES string of the molecule is Cc1ccc2c(c1)c1cc3oc4ccccc4c3cc1n2-c1c(C#N)c(-n2c3ccccc3c3ccccc32)c(C#N)c(-n2c3ccc(C)cc3c3cc4oc5ccccc5c4cc32)c1-n1c2ccccc2c2ccccc21. The first-order chi connectivity index (χ1) is 38.4. The second-order valence-electron chi connectivity index (χ2n) is 20.7. The molecule has 0 saturated carbocycles. The van der Waals surface area contributed by atoms with E-state index in [4.69, 9.17) is 8.83 Å². The van der Waals surface area contributed by atoms with Crippen LogP contribution in [0.15, 0.2) is 215 Å². The van der Waals surface area contributed by atoms with E-state index in [9.17, 15) is 10.5 Å². The van der Waals surface area contributed by atoms with Crippen molar-refractivity contribution in [2.75, 3.05) is 0 Å². The Kier molecular flexibility index (Phi) is 8.40. The van der Waals surface area contributed by atoms with Gasteiger partial charge in [0.15, 0.2) is 0 Å². The van der Waals surface area contributed by atoms with Gasteiger partial charge in [0, 0.05) is 64.6 Å². The molecule has 0 amide bonds. The molecule has 0 spiro atoms. The maximum atomic E-state index is 12.6. The third-order valence-electron chi connectivity index (χ3n) is 16.5. The molecule has 362 valence electrons. The predicted molar refractivity (Wildman–Crippen MR) is 317 cm³/mol. The lowest BCUT2D eigenvalue weighted by Crippen LogP contribution is -2.17. The van der Waals surface area contributed by atoms with Gasteiger partial charge in [-0.25, -0.2) is 0 Å². The first-order valence-electron chi connectivity index (χ1n) is 26.2. The first-order valence-corrected chi connectivity index (χ1v) is 26.2. The maximum absolute atomic E-state index is 12.6. The molecule has 0 saturated heterocycles. The van der Waals surface area contributed by atoms with Gasteiger partial charge in [0.25, 0.3) is 0 Å². The summed E-state index contributed by atoms with van der Waals surface area (Å²) >= 11 is 0. The van der Waals surface area contributed by atoms with Gasteiger partial charge >= 0.3 is 0 Å². The lowest BCUT2D eigenvalue weighted by atomic mass is 9.98. The molecule has 0 N–H and O–H groups in total. The zero-order valence-corrected chi connectivity index (χ0v) is 42.1. The minimum atomic E-state index is 0.343. The molecule has 8 heteroatoms. The van der Waals surface area contributed by atoms with Crippen molar-refractivity contribution in [2.45, 2.75) is 13.8 Å². The summed E-state index contributed by atoms with van der Waals surface area (Å²) < 4.78 is 22.4. The number of para-hydroxylation sites is 6. The van der Waals surface area contributed by atoms with Crippen molar-refractivity contribution in [1.29, 1.82) is 10.5 Å². The molecule has 0 bridgehead atoms. The quantitative estimate of drug-likeness (QED) is 0.176. The Morgan fingerprint density at radius 1 is 0.269 bits per heavy atom. The summed E-state index contributed by atoms with van der Waals surface area (Å²) in [5.41, 5.74) is 15.6. The molecule has 8 nitrogen and oxygen atoms in total. The lowest BCUT2D eigenvalue weighted by Gasteiger charge is -2.27. The molecule has 0 atom stereocenters. The fraction of sp³-hybridized carbons (Fsp3) is 0.0286. The number of aromatic nitrogens is 4. The Bertz CT molecular complexity index is 5300. The van der Waals surface area contributed by atoms with Crippen LogP contribution >= 0.6 is 0 Å². The highest BCUT2D eigenvalue weighted by molar-refractivity contribution is 6.21. The predicted octanol–water partition coefficient (Wildman–Crippen LogP) is 18.2. The number of benzene rings is 11. The summed E-state index contributed by atoms with van der Waals surface area (Å²) in [5, 5.41) is 37.3. The lowest BCUT2D eigenvalue weighted by molar-refractivity contribution is 0.669. The van der Waals surface area contributed by atoms with E-state index >= 15 is 0 Å². The largest absolute Gasteiger partial charge is 0.456 e. The van der Waals surface area contributed by atoms with Gasteiger partial charge in [-0.15, -0.1) is 0 Å². The van der Waals surface area contributed by atoms with Gasteiger partial charge in [-0.3, -0.25) is 0 Å². The van der Waals surface area contributed by atoms with Crippen molar-refractivity contribution < 1.29 is 8.83 Å². The number of hydrogen-bond acceptors (Lipinski definition) is 4. The van der Waals surface area contributed by atoms with Crippen LogP contribution in [0.4, 0.5) is 0 Å². The summed E-state index contributed by atoms with van der Waals surface area (Å²) in [6, 6.07) is 77.8. The van der Waals surface area contributed by atoms with E-state index in [2.05, 4.69) is 202 Å². The molecule has 0 aliphatic rings. The van der Waals surface area contributed by atoms with Crippen molar-refractivity contribution in [3.63, 3.8) is 0 Å². The molecular weight excluding hydrogens is 957 g/mol. The fourth-order valence-electron chi connectivity index (χ4n) is 13.3. The van der Waals surface area contributed by atoms with E-state index in [1.165, 1.54) is 0 Å². The van der Waals surface area contributed by atoms with E-state index in [1.807, 2.05) is 48.5 Å². The van der Waals surface area contributed by atoms with Gasteiger partial charge in [-0.1, -0.05) is 132 Å². The molecule has 0 fully saturated rings. The van der Waals surface area contributed by atoms with Crippen LogP contribution in [0.3, 0.4) is 0 Å². The number of furan rings is 2. The molecule has 0 unspecified atom stereocenters. The third kappa shape index (κ3) is 5.49. The van der Waals surface area contributed by atoms with Crippen molar-refractivity contribution in [2.24, 2.45) is 0 Å². The van der Waals surface area contributed by atoms with Crippen LogP contribution in [-0.4, -0.2) is 18.3 Å². The van der Waals surface area contributed by atoms with Crippen LogP contribution < -0.4 is 0 Å². The van der Waals surface area contributed by atoms with Crippen molar-refractivity contribution in [3.8, 4) is 34.9 Å². The van der Waals surface area contributed by atoms with Crippen molar-refractivity contribution in [3.05, 3.63) is 229 Å². The van der Waals surface area contributed by atoms with E-state index in [-0.39, 0.29) is 0 Å². The molecular formula is C70H40N6O2.